The summed E-state index contributed by atoms with van der Waals surface area (Å²) in [5.74, 6) is 0. The first-order valence-corrected chi connectivity index (χ1v) is 5.87. The minimum atomic E-state index is 0.0113. The van der Waals surface area contributed by atoms with Gasteiger partial charge >= 0.3 is 0 Å². The van der Waals surface area contributed by atoms with Crippen LogP contribution in [0.3, 0.4) is 0 Å². The standard InChI is InChI=1S/C10H13BrN2O/c1-8-4-9(14)13(12-5-8)7-10(6-11)2-3-10/h4-5H,2-3,6-7H2,1H3. The lowest BCUT2D eigenvalue weighted by Gasteiger charge is -2.11. The van der Waals surface area contributed by atoms with Crippen LogP contribution in [-0.4, -0.2) is 15.1 Å². The van der Waals surface area contributed by atoms with Crippen LogP contribution >= 0.6 is 15.9 Å². The third-order valence-electron chi connectivity index (χ3n) is 2.73. The maximum Gasteiger partial charge on any atom is 0.267 e. The van der Waals surface area contributed by atoms with Crippen molar-refractivity contribution in [3.63, 3.8) is 0 Å². The molecule has 0 aromatic carbocycles. The molecule has 2 rings (SSSR count). The van der Waals surface area contributed by atoms with Crippen LogP contribution in [0, 0.1) is 12.3 Å². The van der Waals surface area contributed by atoms with Gasteiger partial charge in [0.1, 0.15) is 0 Å². The Morgan fingerprint density at radius 2 is 2.36 bits per heavy atom. The van der Waals surface area contributed by atoms with E-state index in [0.29, 0.717) is 5.41 Å². The summed E-state index contributed by atoms with van der Waals surface area (Å²) in [7, 11) is 0. The predicted octanol–water partition coefficient (Wildman–Crippen LogP) is 1.73. The molecule has 0 N–H and O–H groups in total. The summed E-state index contributed by atoms with van der Waals surface area (Å²) in [6.07, 6.45) is 4.13. The van der Waals surface area contributed by atoms with E-state index in [-0.39, 0.29) is 5.56 Å². The Morgan fingerprint density at radius 3 is 2.86 bits per heavy atom. The first-order chi connectivity index (χ1) is 6.65. The van der Waals surface area contributed by atoms with Gasteiger partial charge < -0.3 is 0 Å². The Labute approximate surface area is 91.3 Å². The van der Waals surface area contributed by atoms with E-state index in [1.807, 2.05) is 6.92 Å². The maximum absolute atomic E-state index is 11.5. The SMILES string of the molecule is Cc1cnn(CC2(CBr)CC2)c(=O)c1. The average molecular weight is 257 g/mol. The van der Waals surface area contributed by atoms with E-state index in [4.69, 9.17) is 0 Å². The smallest absolute Gasteiger partial charge is 0.267 e. The Kier molecular flexibility index (Phi) is 2.47. The van der Waals surface area contributed by atoms with Crippen molar-refractivity contribution in [2.75, 3.05) is 5.33 Å². The highest BCUT2D eigenvalue weighted by molar-refractivity contribution is 9.09. The lowest BCUT2D eigenvalue weighted by Crippen LogP contribution is -2.27. The molecule has 1 aliphatic carbocycles. The molecular formula is C10H13BrN2O. The molecule has 1 fully saturated rings. The second-order valence-electron chi connectivity index (χ2n) is 4.16. The molecule has 1 aromatic rings. The number of hydrogen-bond acceptors (Lipinski definition) is 2. The zero-order valence-corrected chi connectivity index (χ0v) is 9.75. The second-order valence-corrected chi connectivity index (χ2v) is 4.72. The molecule has 3 nitrogen and oxygen atoms in total. The summed E-state index contributed by atoms with van der Waals surface area (Å²) in [5.41, 5.74) is 1.23. The largest absolute Gasteiger partial charge is 0.268 e. The highest BCUT2D eigenvalue weighted by Gasteiger charge is 2.42. The van der Waals surface area contributed by atoms with Crippen LogP contribution < -0.4 is 5.56 Å². The van der Waals surface area contributed by atoms with Crippen molar-refractivity contribution in [2.24, 2.45) is 5.41 Å². The van der Waals surface area contributed by atoms with Gasteiger partial charge in [-0.2, -0.15) is 5.10 Å². The molecule has 0 atom stereocenters. The van der Waals surface area contributed by atoms with Crippen molar-refractivity contribution in [1.82, 2.24) is 9.78 Å². The Balaban J connectivity index is 2.21. The molecule has 76 valence electrons. The molecule has 1 aliphatic rings. The Bertz CT molecular complexity index is 395. The summed E-state index contributed by atoms with van der Waals surface area (Å²) in [4.78, 5) is 11.5. The summed E-state index contributed by atoms with van der Waals surface area (Å²) < 4.78 is 1.57. The van der Waals surface area contributed by atoms with Gasteiger partial charge in [0.15, 0.2) is 0 Å². The van der Waals surface area contributed by atoms with E-state index in [1.165, 1.54) is 12.8 Å². The number of hydrogen-bond donors (Lipinski definition) is 0. The summed E-state index contributed by atoms with van der Waals surface area (Å²) in [6.45, 7) is 2.63. The first-order valence-electron chi connectivity index (χ1n) is 4.75. The molecule has 0 aliphatic heterocycles. The number of alkyl halides is 1. The molecule has 0 radical (unpaired) electrons. The first kappa shape index (κ1) is 9.90. The van der Waals surface area contributed by atoms with E-state index < -0.39 is 0 Å². The normalized spacial score (nSPS) is 18.1. The third-order valence-corrected chi connectivity index (χ3v) is 3.92. The number of halogens is 1. The van der Waals surface area contributed by atoms with Crippen LogP contribution in [0.1, 0.15) is 18.4 Å². The molecule has 0 unspecified atom stereocenters. The van der Waals surface area contributed by atoms with Crippen LogP contribution in [0.5, 0.6) is 0 Å². The van der Waals surface area contributed by atoms with Gasteiger partial charge in [-0.3, -0.25) is 4.79 Å². The van der Waals surface area contributed by atoms with Gasteiger partial charge in [-0.05, 0) is 30.7 Å². The zero-order valence-electron chi connectivity index (χ0n) is 8.16. The maximum atomic E-state index is 11.5. The van der Waals surface area contributed by atoms with Gasteiger partial charge in [0, 0.05) is 11.4 Å². The fourth-order valence-corrected chi connectivity index (χ4v) is 2.21. The van der Waals surface area contributed by atoms with Crippen molar-refractivity contribution >= 4 is 15.9 Å². The second kappa shape index (κ2) is 3.50. The van der Waals surface area contributed by atoms with E-state index >= 15 is 0 Å². The Hall–Kier alpha value is -0.640. The summed E-state index contributed by atoms with van der Waals surface area (Å²) in [6, 6.07) is 1.64. The molecule has 0 bridgehead atoms. The Morgan fingerprint density at radius 1 is 1.64 bits per heavy atom. The van der Waals surface area contributed by atoms with Gasteiger partial charge in [0.25, 0.3) is 5.56 Å². The third kappa shape index (κ3) is 1.90. The van der Waals surface area contributed by atoms with Gasteiger partial charge in [0.2, 0.25) is 0 Å². The van der Waals surface area contributed by atoms with Gasteiger partial charge in [-0.15, -0.1) is 0 Å². The van der Waals surface area contributed by atoms with Gasteiger partial charge in [-0.25, -0.2) is 4.68 Å². The van der Waals surface area contributed by atoms with Crippen LogP contribution in [0.2, 0.25) is 0 Å². The van der Waals surface area contributed by atoms with Crippen LogP contribution in [0.4, 0.5) is 0 Å². The fourth-order valence-electron chi connectivity index (χ4n) is 1.47. The number of aromatic nitrogens is 2. The fraction of sp³-hybridized carbons (Fsp3) is 0.600. The molecule has 1 saturated carbocycles. The highest BCUT2D eigenvalue weighted by Crippen LogP contribution is 2.48. The highest BCUT2D eigenvalue weighted by atomic mass is 79.9. The van der Waals surface area contributed by atoms with Gasteiger partial charge in [0.05, 0.1) is 12.7 Å². The van der Waals surface area contributed by atoms with Crippen molar-refractivity contribution in [1.29, 1.82) is 0 Å². The monoisotopic (exact) mass is 256 g/mol. The lowest BCUT2D eigenvalue weighted by atomic mass is 10.1. The number of nitrogens with zero attached hydrogens (tertiary/aromatic N) is 2. The van der Waals surface area contributed by atoms with Crippen molar-refractivity contribution < 1.29 is 0 Å². The van der Waals surface area contributed by atoms with E-state index in [2.05, 4.69) is 21.0 Å². The summed E-state index contributed by atoms with van der Waals surface area (Å²) in [5, 5.41) is 5.09. The molecule has 1 aromatic heterocycles. The molecular weight excluding hydrogens is 244 g/mol. The minimum absolute atomic E-state index is 0.0113. The minimum Gasteiger partial charge on any atom is -0.268 e. The predicted molar refractivity (Wildman–Crippen MR) is 58.7 cm³/mol. The van der Waals surface area contributed by atoms with Crippen molar-refractivity contribution in [2.45, 2.75) is 26.3 Å². The van der Waals surface area contributed by atoms with Crippen LogP contribution in [0.15, 0.2) is 17.1 Å². The number of aryl methyl sites for hydroxylation is 1. The topological polar surface area (TPSA) is 34.9 Å². The zero-order chi connectivity index (χ0) is 10.2. The van der Waals surface area contributed by atoms with Crippen LogP contribution in [0.25, 0.3) is 0 Å². The van der Waals surface area contributed by atoms with Crippen molar-refractivity contribution in [3.8, 4) is 0 Å². The van der Waals surface area contributed by atoms with Gasteiger partial charge in [-0.1, -0.05) is 15.9 Å². The lowest BCUT2D eigenvalue weighted by molar-refractivity contribution is 0.425. The molecule has 4 heteroatoms. The van der Waals surface area contributed by atoms with E-state index in [1.54, 1.807) is 16.9 Å². The average Bonchev–Trinajstić information content (AvgIpc) is 2.91. The summed E-state index contributed by atoms with van der Waals surface area (Å²) >= 11 is 3.49. The van der Waals surface area contributed by atoms with E-state index in [9.17, 15) is 4.79 Å². The van der Waals surface area contributed by atoms with Crippen molar-refractivity contribution in [3.05, 3.63) is 28.2 Å². The molecule has 0 saturated heterocycles. The number of rotatable bonds is 3. The van der Waals surface area contributed by atoms with Crippen LogP contribution in [-0.2, 0) is 6.54 Å². The molecule has 1 heterocycles. The molecule has 0 amide bonds. The quantitative estimate of drug-likeness (QED) is 0.773. The van der Waals surface area contributed by atoms with E-state index in [0.717, 1.165) is 17.4 Å². The molecule has 14 heavy (non-hydrogen) atoms. The molecule has 0 spiro atoms.